The van der Waals surface area contributed by atoms with Crippen LogP contribution in [-0.2, 0) is 19.4 Å². The lowest BCUT2D eigenvalue weighted by Gasteiger charge is -2.18. The number of halogens is 2. The maximum absolute atomic E-state index is 6.24. The topological polar surface area (TPSA) is 17.0 Å². The molecule has 1 N–H and O–H groups in total. The van der Waals surface area contributed by atoms with Crippen LogP contribution in [0.2, 0.25) is 10.0 Å². The van der Waals surface area contributed by atoms with Gasteiger partial charge in [-0.25, -0.2) is 0 Å². The molecular weight excluding hydrogens is 327 g/mol. The summed E-state index contributed by atoms with van der Waals surface area (Å²) in [6, 6.07) is 8.80. The Morgan fingerprint density at radius 1 is 1.09 bits per heavy atom. The zero-order valence-electron chi connectivity index (χ0n) is 13.8. The van der Waals surface area contributed by atoms with Crippen molar-refractivity contribution in [2.24, 2.45) is 0 Å². The van der Waals surface area contributed by atoms with Crippen molar-refractivity contribution in [3.05, 3.63) is 45.6 Å². The normalized spacial score (nSPS) is 14.3. The molecule has 0 unspecified atom stereocenters. The lowest BCUT2D eigenvalue weighted by molar-refractivity contribution is 0.527. The Kier molecular flexibility index (Phi) is 5.35. The van der Waals surface area contributed by atoms with E-state index in [2.05, 4.69) is 35.9 Å². The first-order chi connectivity index (χ1) is 11.1. The molecule has 0 spiro atoms. The summed E-state index contributed by atoms with van der Waals surface area (Å²) in [5.74, 6) is 0. The van der Waals surface area contributed by atoms with Crippen LogP contribution in [0.4, 0.5) is 0 Å². The van der Waals surface area contributed by atoms with Gasteiger partial charge >= 0.3 is 0 Å². The first-order valence-corrected chi connectivity index (χ1v) is 9.22. The molecule has 4 heteroatoms. The molecule has 2 nitrogen and oxygen atoms in total. The zero-order chi connectivity index (χ0) is 16.4. The summed E-state index contributed by atoms with van der Waals surface area (Å²) in [6.45, 7) is 6.34. The molecule has 1 aromatic heterocycles. The zero-order valence-corrected chi connectivity index (χ0v) is 15.3. The van der Waals surface area contributed by atoms with Crippen LogP contribution in [0.15, 0.2) is 24.3 Å². The molecule has 2 aromatic rings. The van der Waals surface area contributed by atoms with E-state index < -0.39 is 0 Å². The highest BCUT2D eigenvalue weighted by molar-refractivity contribution is 6.42. The molecule has 3 rings (SSSR count). The summed E-state index contributed by atoms with van der Waals surface area (Å²) in [7, 11) is 0. The van der Waals surface area contributed by atoms with Crippen molar-refractivity contribution in [2.45, 2.75) is 52.1 Å². The minimum Gasteiger partial charge on any atom is -0.343 e. The van der Waals surface area contributed by atoms with Crippen molar-refractivity contribution in [3.8, 4) is 11.3 Å². The van der Waals surface area contributed by atoms with Gasteiger partial charge < -0.3 is 9.88 Å². The van der Waals surface area contributed by atoms with Crippen LogP contribution < -0.4 is 5.32 Å². The fourth-order valence-corrected chi connectivity index (χ4v) is 3.68. The summed E-state index contributed by atoms with van der Waals surface area (Å²) in [5, 5.41) is 4.75. The molecule has 124 valence electrons. The van der Waals surface area contributed by atoms with Gasteiger partial charge in [-0.1, -0.05) is 43.1 Å². The van der Waals surface area contributed by atoms with E-state index in [1.807, 2.05) is 12.1 Å². The molecule has 1 aromatic carbocycles. The highest BCUT2D eigenvalue weighted by atomic mass is 35.5. The molecule has 0 atom stereocenters. The average molecular weight is 351 g/mol. The highest BCUT2D eigenvalue weighted by Crippen LogP contribution is 2.34. The van der Waals surface area contributed by atoms with Crippen LogP contribution in [0.1, 0.15) is 37.9 Å². The van der Waals surface area contributed by atoms with Crippen molar-refractivity contribution in [3.63, 3.8) is 0 Å². The van der Waals surface area contributed by atoms with Crippen molar-refractivity contribution in [1.82, 2.24) is 9.88 Å². The summed E-state index contributed by atoms with van der Waals surface area (Å²) in [5.41, 5.74) is 5.42. The van der Waals surface area contributed by atoms with Gasteiger partial charge in [0.25, 0.3) is 0 Å². The fraction of sp³-hybridized carbons (Fsp3) is 0.474. The van der Waals surface area contributed by atoms with Gasteiger partial charge in [-0.2, -0.15) is 0 Å². The minimum absolute atomic E-state index is 0.509. The van der Waals surface area contributed by atoms with Gasteiger partial charge in [0.15, 0.2) is 0 Å². The minimum atomic E-state index is 0.509. The van der Waals surface area contributed by atoms with E-state index in [1.165, 1.54) is 42.6 Å². The van der Waals surface area contributed by atoms with Gasteiger partial charge in [0.05, 0.1) is 10.0 Å². The number of aromatic nitrogens is 1. The van der Waals surface area contributed by atoms with Gasteiger partial charge in [-0.05, 0) is 55.0 Å². The number of hydrogen-bond acceptors (Lipinski definition) is 1. The van der Waals surface area contributed by atoms with Crippen LogP contribution >= 0.6 is 23.2 Å². The first kappa shape index (κ1) is 16.9. The number of fused-ring (bicyclic) bond motifs is 1. The lowest BCUT2D eigenvalue weighted by atomic mass is 9.98. The quantitative estimate of drug-likeness (QED) is 0.769. The molecule has 0 fully saturated rings. The number of rotatable bonds is 5. The smallest absolute Gasteiger partial charge is 0.0599 e. The lowest BCUT2D eigenvalue weighted by Crippen LogP contribution is -2.27. The average Bonchev–Trinajstić information content (AvgIpc) is 2.89. The third-order valence-electron chi connectivity index (χ3n) is 4.51. The number of nitrogens with zero attached hydrogens (tertiary/aromatic N) is 1. The van der Waals surface area contributed by atoms with Gasteiger partial charge in [0.2, 0.25) is 0 Å². The number of hydrogen-bond donors (Lipinski definition) is 1. The van der Waals surface area contributed by atoms with Gasteiger partial charge in [-0.15, -0.1) is 0 Å². The third kappa shape index (κ3) is 3.76. The SMILES string of the molecule is CC(C)NCCn1c(-c2ccc(Cl)c(Cl)c2)cc2c1CCCC2. The summed E-state index contributed by atoms with van der Waals surface area (Å²) in [6.07, 6.45) is 4.95. The molecule has 23 heavy (non-hydrogen) atoms. The largest absolute Gasteiger partial charge is 0.343 e. The Bertz CT molecular complexity index is 689. The number of aryl methyl sites for hydroxylation is 1. The summed E-state index contributed by atoms with van der Waals surface area (Å²) >= 11 is 12.3. The molecule has 0 amide bonds. The fourth-order valence-electron chi connectivity index (χ4n) is 3.38. The third-order valence-corrected chi connectivity index (χ3v) is 5.25. The molecule has 0 bridgehead atoms. The van der Waals surface area contributed by atoms with Crippen LogP contribution in [0.25, 0.3) is 11.3 Å². The molecule has 0 radical (unpaired) electrons. The van der Waals surface area contributed by atoms with Crippen molar-refractivity contribution >= 4 is 23.2 Å². The number of nitrogens with one attached hydrogen (secondary N) is 1. The second-order valence-electron chi connectivity index (χ2n) is 6.60. The maximum atomic E-state index is 6.24. The van der Waals surface area contributed by atoms with Gasteiger partial charge in [0, 0.05) is 30.5 Å². The monoisotopic (exact) mass is 350 g/mol. The highest BCUT2D eigenvalue weighted by Gasteiger charge is 2.19. The Morgan fingerprint density at radius 3 is 2.61 bits per heavy atom. The Hall–Kier alpha value is -0.960. The van der Waals surface area contributed by atoms with Gasteiger partial charge in [-0.3, -0.25) is 0 Å². The van der Waals surface area contributed by atoms with E-state index >= 15 is 0 Å². The van der Waals surface area contributed by atoms with Crippen molar-refractivity contribution < 1.29 is 0 Å². The predicted octanol–water partition coefficient (Wildman–Crippen LogP) is 5.34. The van der Waals surface area contributed by atoms with E-state index in [-0.39, 0.29) is 0 Å². The second-order valence-corrected chi connectivity index (χ2v) is 7.41. The Balaban J connectivity index is 1.97. The molecule has 1 heterocycles. The van der Waals surface area contributed by atoms with Crippen LogP contribution in [-0.4, -0.2) is 17.2 Å². The number of benzene rings is 1. The molecule has 0 saturated heterocycles. The standard InChI is InChI=1S/C19H24Cl2N2/c1-13(2)22-9-10-23-18-6-4-3-5-14(18)12-19(23)15-7-8-16(20)17(21)11-15/h7-8,11-13,22H,3-6,9-10H2,1-2H3. The molecule has 1 aliphatic carbocycles. The van der Waals surface area contributed by atoms with E-state index in [1.54, 1.807) is 0 Å². The molecule has 1 aliphatic rings. The summed E-state index contributed by atoms with van der Waals surface area (Å²) in [4.78, 5) is 0. The van der Waals surface area contributed by atoms with Crippen molar-refractivity contribution in [1.29, 1.82) is 0 Å². The van der Waals surface area contributed by atoms with E-state index in [0.29, 0.717) is 16.1 Å². The van der Waals surface area contributed by atoms with Crippen LogP contribution in [0, 0.1) is 0 Å². The molecular formula is C19H24Cl2N2. The maximum Gasteiger partial charge on any atom is 0.0599 e. The molecule has 0 saturated carbocycles. The van der Waals surface area contributed by atoms with Crippen molar-refractivity contribution in [2.75, 3.05) is 6.54 Å². The van der Waals surface area contributed by atoms with Crippen LogP contribution in [0.3, 0.4) is 0 Å². The predicted molar refractivity (Wildman–Crippen MR) is 99.7 cm³/mol. The van der Waals surface area contributed by atoms with Crippen LogP contribution in [0.5, 0.6) is 0 Å². The Labute approximate surface area is 148 Å². The summed E-state index contributed by atoms with van der Waals surface area (Å²) < 4.78 is 2.48. The molecule has 0 aliphatic heterocycles. The van der Waals surface area contributed by atoms with Gasteiger partial charge in [0.1, 0.15) is 0 Å². The van der Waals surface area contributed by atoms with E-state index in [0.717, 1.165) is 18.7 Å². The Morgan fingerprint density at radius 2 is 1.87 bits per heavy atom. The van der Waals surface area contributed by atoms with E-state index in [9.17, 15) is 0 Å². The van der Waals surface area contributed by atoms with E-state index in [4.69, 9.17) is 23.2 Å². The second kappa shape index (κ2) is 7.29. The first-order valence-electron chi connectivity index (χ1n) is 8.46.